The molecule has 1 rings (SSSR count). The smallest absolute Gasteiger partial charge is 0.140 e. The first kappa shape index (κ1) is 16.7. The number of carbonyl (C=O) groups is 1. The van der Waals surface area contributed by atoms with Gasteiger partial charge >= 0.3 is 0 Å². The molecule has 0 aromatic rings. The second-order valence-electron chi connectivity index (χ2n) is 6.34. The van der Waals surface area contributed by atoms with E-state index in [2.05, 4.69) is 6.92 Å². The van der Waals surface area contributed by atoms with Gasteiger partial charge in [-0.2, -0.15) is 0 Å². The zero-order chi connectivity index (χ0) is 14.0. The molecule has 2 heteroatoms. The van der Waals surface area contributed by atoms with Crippen molar-refractivity contribution in [1.82, 2.24) is 0 Å². The van der Waals surface area contributed by atoms with Crippen molar-refractivity contribution in [2.75, 3.05) is 6.54 Å². The van der Waals surface area contributed by atoms with E-state index in [0.29, 0.717) is 12.3 Å². The molecule has 0 radical (unpaired) electrons. The highest BCUT2D eigenvalue weighted by Gasteiger charge is 2.35. The third kappa shape index (κ3) is 5.64. The first-order valence-corrected chi connectivity index (χ1v) is 8.48. The van der Waals surface area contributed by atoms with Crippen molar-refractivity contribution in [3.63, 3.8) is 0 Å². The zero-order valence-electron chi connectivity index (χ0n) is 12.9. The lowest BCUT2D eigenvalue weighted by molar-refractivity contribution is -0.129. The molecule has 0 atom stereocenters. The Morgan fingerprint density at radius 3 is 2.11 bits per heavy atom. The molecule has 19 heavy (non-hydrogen) atoms. The van der Waals surface area contributed by atoms with Crippen molar-refractivity contribution in [3.05, 3.63) is 0 Å². The molecule has 0 bridgehead atoms. The maximum atomic E-state index is 12.5. The number of rotatable bonds is 9. The summed E-state index contributed by atoms with van der Waals surface area (Å²) in [6.07, 6.45) is 15.3. The number of Topliss-reactive ketones (excluding diaryl/α,β-unsaturated/α-hetero) is 1. The number of carbonyl (C=O) groups excluding carboxylic acids is 1. The first-order chi connectivity index (χ1) is 9.25. The Hall–Kier alpha value is -0.370. The second kappa shape index (κ2) is 9.52. The largest absolute Gasteiger partial charge is 0.329 e. The molecule has 0 heterocycles. The third-order valence-electron chi connectivity index (χ3n) is 4.80. The van der Waals surface area contributed by atoms with E-state index in [1.807, 2.05) is 0 Å². The summed E-state index contributed by atoms with van der Waals surface area (Å²) in [7, 11) is 0. The monoisotopic (exact) mass is 267 g/mol. The quantitative estimate of drug-likeness (QED) is 0.490. The maximum Gasteiger partial charge on any atom is 0.140 e. The van der Waals surface area contributed by atoms with Crippen LogP contribution in [0.25, 0.3) is 0 Å². The minimum absolute atomic E-state index is 0.153. The predicted octanol–water partition coefficient (Wildman–Crippen LogP) is 4.61. The van der Waals surface area contributed by atoms with Crippen LogP contribution in [-0.2, 0) is 4.79 Å². The van der Waals surface area contributed by atoms with E-state index in [0.717, 1.165) is 25.7 Å². The average molecular weight is 267 g/mol. The lowest BCUT2D eigenvalue weighted by Gasteiger charge is -2.29. The molecule has 0 aliphatic heterocycles. The SMILES string of the molecule is CCCCCCCCC(=O)C1(CN)CCCCCC1. The molecule has 0 unspecified atom stereocenters. The van der Waals surface area contributed by atoms with Gasteiger partial charge in [-0.1, -0.05) is 64.7 Å². The summed E-state index contributed by atoms with van der Waals surface area (Å²) in [4.78, 5) is 12.5. The predicted molar refractivity (Wildman–Crippen MR) is 82.2 cm³/mol. The van der Waals surface area contributed by atoms with Crippen LogP contribution >= 0.6 is 0 Å². The van der Waals surface area contributed by atoms with Gasteiger partial charge in [0.05, 0.1) is 0 Å². The summed E-state index contributed by atoms with van der Waals surface area (Å²) >= 11 is 0. The van der Waals surface area contributed by atoms with Crippen molar-refractivity contribution >= 4 is 5.78 Å². The molecule has 2 nitrogen and oxygen atoms in total. The van der Waals surface area contributed by atoms with Gasteiger partial charge in [-0.3, -0.25) is 4.79 Å². The van der Waals surface area contributed by atoms with Gasteiger partial charge in [-0.25, -0.2) is 0 Å². The summed E-state index contributed by atoms with van der Waals surface area (Å²) in [6, 6.07) is 0. The Bertz CT molecular complexity index is 242. The molecule has 0 amide bonds. The molecule has 1 aliphatic rings. The summed E-state index contributed by atoms with van der Waals surface area (Å²) in [6.45, 7) is 2.81. The van der Waals surface area contributed by atoms with Gasteiger partial charge in [-0.05, 0) is 19.3 Å². The lowest BCUT2D eigenvalue weighted by Crippen LogP contribution is -2.38. The minimum Gasteiger partial charge on any atom is -0.329 e. The number of unbranched alkanes of at least 4 members (excludes halogenated alkanes) is 5. The van der Waals surface area contributed by atoms with Crippen LogP contribution in [0.4, 0.5) is 0 Å². The van der Waals surface area contributed by atoms with Crippen LogP contribution in [0.2, 0.25) is 0 Å². The van der Waals surface area contributed by atoms with Gasteiger partial charge in [-0.15, -0.1) is 0 Å². The Kier molecular flexibility index (Phi) is 8.36. The Morgan fingerprint density at radius 1 is 0.947 bits per heavy atom. The van der Waals surface area contributed by atoms with Crippen molar-refractivity contribution < 1.29 is 4.79 Å². The molecule has 0 aromatic heterocycles. The van der Waals surface area contributed by atoms with Gasteiger partial charge in [0.15, 0.2) is 0 Å². The highest BCUT2D eigenvalue weighted by atomic mass is 16.1. The van der Waals surface area contributed by atoms with Crippen LogP contribution in [0.3, 0.4) is 0 Å². The fourth-order valence-electron chi connectivity index (χ4n) is 3.33. The first-order valence-electron chi connectivity index (χ1n) is 8.48. The van der Waals surface area contributed by atoms with Crippen molar-refractivity contribution in [1.29, 1.82) is 0 Å². The van der Waals surface area contributed by atoms with Gasteiger partial charge in [0.1, 0.15) is 5.78 Å². The summed E-state index contributed by atoms with van der Waals surface area (Å²) < 4.78 is 0. The van der Waals surface area contributed by atoms with Crippen LogP contribution in [-0.4, -0.2) is 12.3 Å². The highest BCUT2D eigenvalue weighted by Crippen LogP contribution is 2.36. The summed E-state index contributed by atoms with van der Waals surface area (Å²) in [5.74, 6) is 0.465. The van der Waals surface area contributed by atoms with E-state index in [1.54, 1.807) is 0 Å². The Morgan fingerprint density at radius 2 is 1.53 bits per heavy atom. The fraction of sp³-hybridized carbons (Fsp3) is 0.941. The summed E-state index contributed by atoms with van der Waals surface area (Å²) in [5, 5.41) is 0. The van der Waals surface area contributed by atoms with Crippen LogP contribution < -0.4 is 5.73 Å². The van der Waals surface area contributed by atoms with E-state index in [9.17, 15) is 4.79 Å². The Labute approximate surface area is 119 Å². The second-order valence-corrected chi connectivity index (χ2v) is 6.34. The molecule has 0 aromatic carbocycles. The van der Waals surface area contributed by atoms with E-state index < -0.39 is 0 Å². The fourth-order valence-corrected chi connectivity index (χ4v) is 3.33. The van der Waals surface area contributed by atoms with Crippen molar-refractivity contribution in [3.8, 4) is 0 Å². The van der Waals surface area contributed by atoms with Gasteiger partial charge in [0.25, 0.3) is 0 Å². The minimum atomic E-state index is -0.153. The lowest BCUT2D eigenvalue weighted by atomic mass is 9.75. The molecule has 112 valence electrons. The van der Waals surface area contributed by atoms with Crippen LogP contribution in [0.5, 0.6) is 0 Å². The molecular formula is C17H33NO. The van der Waals surface area contributed by atoms with Crippen LogP contribution in [0.1, 0.15) is 90.4 Å². The highest BCUT2D eigenvalue weighted by molar-refractivity contribution is 5.85. The van der Waals surface area contributed by atoms with Crippen molar-refractivity contribution in [2.24, 2.45) is 11.1 Å². The van der Waals surface area contributed by atoms with E-state index in [4.69, 9.17) is 5.73 Å². The molecule has 0 saturated heterocycles. The molecule has 2 N–H and O–H groups in total. The third-order valence-corrected chi connectivity index (χ3v) is 4.80. The standard InChI is InChI=1S/C17H33NO/c1-2-3-4-5-6-9-12-16(19)17(15-18)13-10-7-8-11-14-17/h2-15,18H2,1H3. The molecule has 1 saturated carbocycles. The van der Waals surface area contributed by atoms with E-state index in [-0.39, 0.29) is 5.41 Å². The van der Waals surface area contributed by atoms with Gasteiger partial charge in [0, 0.05) is 18.4 Å². The molecule has 1 aliphatic carbocycles. The van der Waals surface area contributed by atoms with Crippen molar-refractivity contribution in [2.45, 2.75) is 90.4 Å². The normalized spacial score (nSPS) is 19.1. The number of hydrogen-bond acceptors (Lipinski definition) is 2. The summed E-state index contributed by atoms with van der Waals surface area (Å²) in [5.41, 5.74) is 5.80. The van der Waals surface area contributed by atoms with Gasteiger partial charge < -0.3 is 5.73 Å². The van der Waals surface area contributed by atoms with E-state index >= 15 is 0 Å². The Balaban J connectivity index is 2.28. The zero-order valence-corrected chi connectivity index (χ0v) is 12.9. The molecular weight excluding hydrogens is 234 g/mol. The molecule has 1 fully saturated rings. The van der Waals surface area contributed by atoms with Crippen LogP contribution in [0, 0.1) is 5.41 Å². The van der Waals surface area contributed by atoms with Gasteiger partial charge in [0.2, 0.25) is 0 Å². The number of nitrogens with two attached hydrogens (primary N) is 1. The average Bonchev–Trinajstić information content (AvgIpc) is 2.68. The number of ketones is 1. The maximum absolute atomic E-state index is 12.5. The van der Waals surface area contributed by atoms with Crippen LogP contribution in [0.15, 0.2) is 0 Å². The molecule has 0 spiro atoms. The number of hydrogen-bond donors (Lipinski definition) is 1. The topological polar surface area (TPSA) is 43.1 Å². The van der Waals surface area contributed by atoms with E-state index in [1.165, 1.54) is 57.8 Å².